The van der Waals surface area contributed by atoms with Crippen LogP contribution in [0.5, 0.6) is 0 Å². The lowest BCUT2D eigenvalue weighted by molar-refractivity contribution is -0.152. The van der Waals surface area contributed by atoms with E-state index < -0.39 is 42.5 Å². The van der Waals surface area contributed by atoms with E-state index in [2.05, 4.69) is 13.2 Å². The number of carbonyl (C=O) groups excluding carboxylic acids is 1. The maximum atomic E-state index is 13.0. The van der Waals surface area contributed by atoms with Crippen LogP contribution in [0.1, 0.15) is 79.6 Å². The number of allylic oxidation sites excluding steroid dienone is 1. The molecule has 1 aliphatic heterocycles. The summed E-state index contributed by atoms with van der Waals surface area (Å²) in [6.45, 7) is 17.3. The summed E-state index contributed by atoms with van der Waals surface area (Å²) in [5.41, 5.74) is 1.51. The molecule has 7 nitrogen and oxygen atoms in total. The van der Waals surface area contributed by atoms with Gasteiger partial charge in [0.2, 0.25) is 0 Å². The Balaban J connectivity index is 3.11. The fourth-order valence-electron chi connectivity index (χ4n) is 4.33. The zero-order chi connectivity index (χ0) is 29.0. The molecule has 10 unspecified atom stereocenters. The topological polar surface area (TPSA) is 127 Å². The van der Waals surface area contributed by atoms with Gasteiger partial charge in [0.05, 0.1) is 36.4 Å². The third kappa shape index (κ3) is 12.4. The third-order valence-corrected chi connectivity index (χ3v) is 7.98. The minimum atomic E-state index is -0.886. The summed E-state index contributed by atoms with van der Waals surface area (Å²) in [7, 11) is 0. The van der Waals surface area contributed by atoms with Gasteiger partial charge in [0, 0.05) is 11.8 Å². The molecule has 0 saturated heterocycles. The highest BCUT2D eigenvalue weighted by atomic mass is 16.5. The zero-order valence-electron chi connectivity index (χ0n) is 24.0. The van der Waals surface area contributed by atoms with Gasteiger partial charge in [-0.2, -0.15) is 0 Å². The molecule has 7 heteroatoms. The molecule has 0 aromatic carbocycles. The van der Waals surface area contributed by atoms with Crippen LogP contribution in [-0.4, -0.2) is 68.1 Å². The van der Waals surface area contributed by atoms with Crippen LogP contribution in [0, 0.1) is 23.7 Å². The van der Waals surface area contributed by atoms with Crippen LogP contribution in [0.15, 0.2) is 48.6 Å². The van der Waals surface area contributed by atoms with Crippen molar-refractivity contribution in [3.8, 4) is 0 Å². The molecule has 0 bridgehead atoms. The molecule has 0 aromatic rings. The number of aliphatic hydroxyl groups is 5. The van der Waals surface area contributed by atoms with E-state index in [1.54, 1.807) is 26.0 Å². The summed E-state index contributed by atoms with van der Waals surface area (Å²) < 4.78 is 5.84. The number of hydrogen-bond donors (Lipinski definition) is 5. The maximum Gasteiger partial charge on any atom is 0.309 e. The monoisotopic (exact) mass is 536 g/mol. The largest absolute Gasteiger partial charge is 0.458 e. The first-order valence-electron chi connectivity index (χ1n) is 14.0. The van der Waals surface area contributed by atoms with E-state index in [-0.39, 0.29) is 36.6 Å². The van der Waals surface area contributed by atoms with Gasteiger partial charge in [0.1, 0.15) is 6.10 Å². The molecule has 0 fully saturated rings. The minimum absolute atomic E-state index is 0.0954. The second-order valence-corrected chi connectivity index (χ2v) is 11.3. The first-order chi connectivity index (χ1) is 17.7. The van der Waals surface area contributed by atoms with Gasteiger partial charge < -0.3 is 30.3 Å². The Kier molecular flexibility index (Phi) is 15.4. The number of ether oxygens (including phenoxy) is 1. The number of cyclic esters (lactones) is 1. The third-order valence-electron chi connectivity index (χ3n) is 7.98. The normalized spacial score (nSPS) is 36.5. The molecular weight excluding hydrogens is 484 g/mol. The van der Waals surface area contributed by atoms with Crippen molar-refractivity contribution in [2.24, 2.45) is 23.7 Å². The minimum Gasteiger partial charge on any atom is -0.458 e. The molecular formula is C31H52O7. The van der Waals surface area contributed by atoms with Crippen LogP contribution in [0.4, 0.5) is 0 Å². The number of esters is 1. The van der Waals surface area contributed by atoms with Gasteiger partial charge >= 0.3 is 5.97 Å². The Labute approximate surface area is 229 Å². The second kappa shape index (κ2) is 17.0. The molecule has 1 heterocycles. The van der Waals surface area contributed by atoms with E-state index in [1.165, 1.54) is 0 Å². The molecule has 1 rings (SSSR count). The molecule has 218 valence electrons. The molecule has 0 aliphatic carbocycles. The Morgan fingerprint density at radius 2 is 1.66 bits per heavy atom. The summed E-state index contributed by atoms with van der Waals surface area (Å²) >= 11 is 0. The highest BCUT2D eigenvalue weighted by Crippen LogP contribution is 2.25. The van der Waals surface area contributed by atoms with Gasteiger partial charge in [0.15, 0.2) is 0 Å². The van der Waals surface area contributed by atoms with Crippen molar-refractivity contribution in [3.05, 3.63) is 48.6 Å². The van der Waals surface area contributed by atoms with Gasteiger partial charge in [0.25, 0.3) is 0 Å². The maximum absolute atomic E-state index is 13.0. The van der Waals surface area contributed by atoms with Crippen LogP contribution in [0.25, 0.3) is 0 Å². The smallest absolute Gasteiger partial charge is 0.309 e. The van der Waals surface area contributed by atoms with Crippen molar-refractivity contribution in [3.63, 3.8) is 0 Å². The van der Waals surface area contributed by atoms with Gasteiger partial charge in [-0.3, -0.25) is 4.79 Å². The molecule has 1 aliphatic rings. The SMILES string of the molecule is C=C(CCC1/C=C/C(O)CC(=C)C(C)C(O)CC(O)CCC(O)C/C=C/C(C)C(C)C(=O)O1)C(C)C(C)O. The number of carbonyl (C=O) groups is 1. The van der Waals surface area contributed by atoms with Crippen molar-refractivity contribution >= 4 is 5.97 Å². The van der Waals surface area contributed by atoms with E-state index in [9.17, 15) is 30.3 Å². The quantitative estimate of drug-likeness (QED) is 0.263. The summed E-state index contributed by atoms with van der Waals surface area (Å²) in [5.74, 6) is -1.33. The van der Waals surface area contributed by atoms with Crippen LogP contribution in [0.2, 0.25) is 0 Å². The van der Waals surface area contributed by atoms with Crippen molar-refractivity contribution in [2.75, 3.05) is 0 Å². The molecule has 0 spiro atoms. The van der Waals surface area contributed by atoms with Crippen LogP contribution in [-0.2, 0) is 9.53 Å². The van der Waals surface area contributed by atoms with Gasteiger partial charge in [-0.15, -0.1) is 0 Å². The molecule has 10 atom stereocenters. The number of rotatable bonds is 5. The fraction of sp³-hybridized carbons (Fsp3) is 0.710. The van der Waals surface area contributed by atoms with Gasteiger partial charge in [-0.1, -0.05) is 70.2 Å². The number of hydrogen-bond acceptors (Lipinski definition) is 7. The van der Waals surface area contributed by atoms with Crippen molar-refractivity contribution in [2.45, 2.75) is 116 Å². The summed E-state index contributed by atoms with van der Waals surface area (Å²) in [6.07, 6.45) is 5.33. The average molecular weight is 537 g/mol. The van der Waals surface area contributed by atoms with E-state index >= 15 is 0 Å². The fourth-order valence-corrected chi connectivity index (χ4v) is 4.33. The number of aliphatic hydroxyl groups excluding tert-OH is 5. The lowest BCUT2D eigenvalue weighted by Gasteiger charge is -2.25. The summed E-state index contributed by atoms with van der Waals surface area (Å²) in [4.78, 5) is 13.0. The second-order valence-electron chi connectivity index (χ2n) is 11.3. The molecule has 0 aromatic heterocycles. The Bertz CT molecular complexity index is 802. The Morgan fingerprint density at radius 1 is 1.03 bits per heavy atom. The van der Waals surface area contributed by atoms with Crippen LogP contribution in [0.3, 0.4) is 0 Å². The van der Waals surface area contributed by atoms with E-state index in [4.69, 9.17) is 4.74 Å². The molecule has 0 saturated carbocycles. The van der Waals surface area contributed by atoms with Crippen LogP contribution < -0.4 is 0 Å². The van der Waals surface area contributed by atoms with E-state index in [0.717, 1.165) is 5.57 Å². The van der Waals surface area contributed by atoms with Gasteiger partial charge in [-0.05, 0) is 63.9 Å². The first-order valence-corrected chi connectivity index (χ1v) is 14.0. The lowest BCUT2D eigenvalue weighted by atomic mass is 9.88. The summed E-state index contributed by atoms with van der Waals surface area (Å²) in [5, 5.41) is 51.8. The van der Waals surface area contributed by atoms with Crippen molar-refractivity contribution < 1.29 is 35.1 Å². The Morgan fingerprint density at radius 3 is 2.29 bits per heavy atom. The van der Waals surface area contributed by atoms with Gasteiger partial charge in [-0.25, -0.2) is 0 Å². The van der Waals surface area contributed by atoms with Crippen molar-refractivity contribution in [1.82, 2.24) is 0 Å². The standard InChI is InChI=1S/C31H52O7/c1-19-9-8-10-26(33)12-13-28(35)18-30(36)23(5)21(3)17-27(34)14-16-29(38-31(37)24(19)6)15-11-20(2)22(4)25(7)32/h8-9,14,16,19,22-30,32-36H,2-3,10-13,15,17-18H2,1,4-7H3/b9-8+,16-14+. The van der Waals surface area contributed by atoms with E-state index in [1.807, 2.05) is 32.9 Å². The predicted molar refractivity (Wildman–Crippen MR) is 151 cm³/mol. The molecule has 5 N–H and O–H groups in total. The van der Waals surface area contributed by atoms with E-state index in [0.29, 0.717) is 37.7 Å². The molecule has 38 heavy (non-hydrogen) atoms. The highest BCUT2D eigenvalue weighted by molar-refractivity contribution is 5.73. The molecule has 0 amide bonds. The zero-order valence-corrected chi connectivity index (χ0v) is 24.0. The first kappa shape index (κ1) is 34.3. The predicted octanol–water partition coefficient (Wildman–Crippen LogP) is 4.24. The Hall–Kier alpha value is -1.77. The molecule has 0 radical (unpaired) electrons. The summed E-state index contributed by atoms with van der Waals surface area (Å²) in [6, 6.07) is 0. The lowest BCUT2D eigenvalue weighted by Crippen LogP contribution is -2.27. The average Bonchev–Trinajstić information content (AvgIpc) is 2.86. The van der Waals surface area contributed by atoms with Crippen molar-refractivity contribution in [1.29, 1.82) is 0 Å². The highest BCUT2D eigenvalue weighted by Gasteiger charge is 2.25. The van der Waals surface area contributed by atoms with Crippen LogP contribution >= 0.6 is 0 Å².